The first-order chi connectivity index (χ1) is 14.8. The van der Waals surface area contributed by atoms with Gasteiger partial charge in [0.1, 0.15) is 5.82 Å². The number of hydrogen-bond donors (Lipinski definition) is 3. The molecule has 0 radical (unpaired) electrons. The summed E-state index contributed by atoms with van der Waals surface area (Å²) >= 11 is 0. The van der Waals surface area contributed by atoms with Crippen molar-refractivity contribution in [3.63, 3.8) is 0 Å². The Bertz CT molecular complexity index is 1460. The van der Waals surface area contributed by atoms with E-state index in [0.29, 0.717) is 28.6 Å². The van der Waals surface area contributed by atoms with E-state index in [0.717, 1.165) is 14.7 Å². The van der Waals surface area contributed by atoms with Crippen LogP contribution in [-0.2, 0) is 10.0 Å². The summed E-state index contributed by atoms with van der Waals surface area (Å²) in [6.07, 6.45) is 1.84. The van der Waals surface area contributed by atoms with Crippen LogP contribution in [0.4, 0.5) is 4.39 Å². The van der Waals surface area contributed by atoms with Crippen molar-refractivity contribution in [1.29, 1.82) is 5.41 Å². The second-order valence-electron chi connectivity index (χ2n) is 6.95. The van der Waals surface area contributed by atoms with Gasteiger partial charge in [-0.15, -0.1) is 0 Å². The summed E-state index contributed by atoms with van der Waals surface area (Å²) in [5.74, 6) is -0.853. The maximum atomic E-state index is 14.0. The summed E-state index contributed by atoms with van der Waals surface area (Å²) in [5, 5.41) is 13.5. The average molecular weight is 438 g/mol. The van der Waals surface area contributed by atoms with Crippen LogP contribution in [0.2, 0.25) is 0 Å². The van der Waals surface area contributed by atoms with Crippen LogP contribution >= 0.6 is 0 Å². The number of rotatable bonds is 5. The highest BCUT2D eigenvalue weighted by Gasteiger charge is 2.23. The molecule has 1 heterocycles. The van der Waals surface area contributed by atoms with Gasteiger partial charge in [-0.3, -0.25) is 5.41 Å². The molecule has 4 rings (SSSR count). The van der Waals surface area contributed by atoms with Gasteiger partial charge in [-0.25, -0.2) is 22.2 Å². The summed E-state index contributed by atoms with van der Waals surface area (Å²) in [6, 6.07) is 16.3. The molecule has 0 saturated heterocycles. The molecule has 4 aromatic rings. The molecule has 3 aromatic carbocycles. The van der Waals surface area contributed by atoms with E-state index in [1.807, 2.05) is 31.2 Å². The molecule has 4 N–H and O–H groups in total. The fraction of sp³-hybridized carbons (Fsp3) is 0.0909. The van der Waals surface area contributed by atoms with Gasteiger partial charge in [0.2, 0.25) is 5.96 Å². The maximum Gasteiger partial charge on any atom is 0.268 e. The highest BCUT2D eigenvalue weighted by molar-refractivity contribution is 7.90. The minimum Gasteiger partial charge on any atom is -0.369 e. The molecular formula is C22H20FN5O2S. The Balaban J connectivity index is 1.94. The molecule has 0 saturated carbocycles. The van der Waals surface area contributed by atoms with Crippen LogP contribution in [0, 0.1) is 11.2 Å². The highest BCUT2D eigenvalue weighted by atomic mass is 32.2. The van der Waals surface area contributed by atoms with E-state index >= 15 is 0 Å². The molecule has 1 aromatic heterocycles. The summed E-state index contributed by atoms with van der Waals surface area (Å²) in [6.45, 7) is 1.82. The van der Waals surface area contributed by atoms with E-state index in [1.54, 1.807) is 18.2 Å². The van der Waals surface area contributed by atoms with Crippen LogP contribution in [0.3, 0.4) is 0 Å². The predicted octanol–water partition coefficient (Wildman–Crippen LogP) is 3.77. The first kappa shape index (κ1) is 20.5. The average Bonchev–Trinajstić information content (AvgIpc) is 3.13. The van der Waals surface area contributed by atoms with Crippen molar-refractivity contribution in [2.75, 3.05) is 0 Å². The summed E-state index contributed by atoms with van der Waals surface area (Å²) in [4.78, 5) is 0.121. The molecule has 0 spiro atoms. The minimum atomic E-state index is -3.97. The number of hydrogen-bond acceptors (Lipinski definition) is 4. The third-order valence-corrected chi connectivity index (χ3v) is 6.64. The molecule has 0 aliphatic rings. The van der Waals surface area contributed by atoms with Gasteiger partial charge in [0, 0.05) is 17.1 Å². The fourth-order valence-electron chi connectivity index (χ4n) is 3.50. The molecule has 7 nitrogen and oxygen atoms in total. The molecule has 0 amide bonds. The van der Waals surface area contributed by atoms with Crippen LogP contribution in [0.1, 0.15) is 18.9 Å². The van der Waals surface area contributed by atoms with E-state index in [4.69, 9.17) is 11.1 Å². The zero-order valence-corrected chi connectivity index (χ0v) is 17.4. The van der Waals surface area contributed by atoms with Crippen LogP contribution < -0.4 is 11.2 Å². The van der Waals surface area contributed by atoms with Crippen LogP contribution in [0.5, 0.6) is 0 Å². The summed E-state index contributed by atoms with van der Waals surface area (Å²) in [7, 11) is -3.97. The monoisotopic (exact) mass is 437 g/mol. The Hall–Kier alpha value is -3.72. The second-order valence-corrected chi connectivity index (χ2v) is 8.77. The van der Waals surface area contributed by atoms with Gasteiger partial charge in [-0.05, 0) is 47.5 Å². The van der Waals surface area contributed by atoms with Gasteiger partial charge >= 0.3 is 0 Å². The van der Waals surface area contributed by atoms with E-state index in [9.17, 15) is 12.8 Å². The lowest BCUT2D eigenvalue weighted by Crippen LogP contribution is -2.26. The molecule has 158 valence electrons. The molecule has 0 atom stereocenters. The number of benzene rings is 3. The SMILES string of the molecule is CC/C(=N/NC(=N)N)c1cn(S(=O)(=O)c2ccc3ccccc3c2)c2ccc(F)cc12. The second kappa shape index (κ2) is 7.84. The summed E-state index contributed by atoms with van der Waals surface area (Å²) < 4.78 is 42.2. The normalized spacial score (nSPS) is 12.4. The zero-order chi connectivity index (χ0) is 22.2. The Morgan fingerprint density at radius 1 is 1.13 bits per heavy atom. The minimum absolute atomic E-state index is 0.121. The van der Waals surface area contributed by atoms with Crippen molar-refractivity contribution in [2.24, 2.45) is 10.8 Å². The van der Waals surface area contributed by atoms with Crippen molar-refractivity contribution in [1.82, 2.24) is 9.40 Å². The van der Waals surface area contributed by atoms with E-state index in [2.05, 4.69) is 10.5 Å². The molecule has 0 aliphatic heterocycles. The van der Waals surface area contributed by atoms with E-state index < -0.39 is 15.8 Å². The van der Waals surface area contributed by atoms with Crippen LogP contribution in [0.15, 0.2) is 76.9 Å². The number of hydrazone groups is 1. The van der Waals surface area contributed by atoms with Crippen LogP contribution in [0.25, 0.3) is 21.7 Å². The molecule has 0 fully saturated rings. The molecule has 0 aliphatic carbocycles. The van der Waals surface area contributed by atoms with Gasteiger partial charge in [0.05, 0.1) is 16.1 Å². The molecule has 9 heteroatoms. The number of nitrogens with zero attached hydrogens (tertiary/aromatic N) is 2. The fourth-order valence-corrected chi connectivity index (χ4v) is 4.91. The third-order valence-electron chi connectivity index (χ3n) is 4.97. The Kier molecular flexibility index (Phi) is 5.20. The van der Waals surface area contributed by atoms with Gasteiger partial charge in [-0.1, -0.05) is 37.3 Å². The number of nitrogens with two attached hydrogens (primary N) is 1. The Morgan fingerprint density at radius 2 is 1.87 bits per heavy atom. The summed E-state index contributed by atoms with van der Waals surface area (Å²) in [5.41, 5.74) is 8.89. The standard InChI is InChI=1S/C22H20FN5O2S/c1-2-20(26-27-22(24)25)19-13-28(21-10-8-16(23)12-18(19)21)31(29,30)17-9-7-14-5-3-4-6-15(14)11-17/h3-13H,2H2,1H3,(H4,24,25,27)/b26-20-. The third kappa shape index (κ3) is 3.75. The Morgan fingerprint density at radius 3 is 2.58 bits per heavy atom. The van der Waals surface area contributed by atoms with Gasteiger partial charge in [0.25, 0.3) is 10.0 Å². The largest absolute Gasteiger partial charge is 0.369 e. The molecule has 31 heavy (non-hydrogen) atoms. The molecule has 0 unspecified atom stereocenters. The number of guanidine groups is 1. The number of nitrogens with one attached hydrogen (secondary N) is 2. The molecular weight excluding hydrogens is 417 g/mol. The predicted molar refractivity (Wildman–Crippen MR) is 120 cm³/mol. The van der Waals surface area contributed by atoms with Gasteiger partial charge < -0.3 is 5.73 Å². The van der Waals surface area contributed by atoms with Crippen molar-refractivity contribution in [3.05, 3.63) is 78.2 Å². The maximum absolute atomic E-state index is 14.0. The van der Waals surface area contributed by atoms with E-state index in [1.165, 1.54) is 24.4 Å². The number of halogens is 1. The van der Waals surface area contributed by atoms with Crippen molar-refractivity contribution in [2.45, 2.75) is 18.2 Å². The van der Waals surface area contributed by atoms with Gasteiger partial charge in [0.15, 0.2) is 0 Å². The first-order valence-corrected chi connectivity index (χ1v) is 11.0. The zero-order valence-electron chi connectivity index (χ0n) is 16.6. The lowest BCUT2D eigenvalue weighted by molar-refractivity contribution is 0.589. The topological polar surface area (TPSA) is 113 Å². The van der Waals surface area contributed by atoms with Crippen LogP contribution in [-0.4, -0.2) is 24.1 Å². The quantitative estimate of drug-likeness (QED) is 0.251. The molecule has 0 bridgehead atoms. The van der Waals surface area contributed by atoms with Crippen molar-refractivity contribution < 1.29 is 12.8 Å². The lowest BCUT2D eigenvalue weighted by Gasteiger charge is -2.09. The van der Waals surface area contributed by atoms with Crippen molar-refractivity contribution >= 4 is 43.4 Å². The lowest BCUT2D eigenvalue weighted by atomic mass is 10.1. The highest BCUT2D eigenvalue weighted by Crippen LogP contribution is 2.29. The number of fused-ring (bicyclic) bond motifs is 2. The van der Waals surface area contributed by atoms with Crippen molar-refractivity contribution in [3.8, 4) is 0 Å². The Labute approximate surface area is 178 Å². The number of aromatic nitrogens is 1. The smallest absolute Gasteiger partial charge is 0.268 e. The van der Waals surface area contributed by atoms with E-state index in [-0.39, 0.29) is 10.9 Å². The first-order valence-electron chi connectivity index (χ1n) is 9.53. The van der Waals surface area contributed by atoms with Gasteiger partial charge in [-0.2, -0.15) is 5.10 Å².